The van der Waals surface area contributed by atoms with Gasteiger partial charge >= 0.3 is 0 Å². The molecule has 2 aromatic heterocycles. The molecule has 1 aliphatic carbocycles. The molecule has 0 spiro atoms. The minimum absolute atomic E-state index is 0.0641. The molecule has 0 aromatic carbocycles. The first-order chi connectivity index (χ1) is 16.0. The van der Waals surface area contributed by atoms with E-state index < -0.39 is 19.0 Å². The molecule has 1 aliphatic rings. The highest BCUT2D eigenvalue weighted by atomic mass is 35.5. The van der Waals surface area contributed by atoms with Crippen molar-refractivity contribution in [2.45, 2.75) is 38.0 Å². The van der Waals surface area contributed by atoms with Crippen LogP contribution in [0.25, 0.3) is 0 Å². The molecule has 3 rings (SSSR count). The number of hydrogen-bond acceptors (Lipinski definition) is 7. The van der Waals surface area contributed by atoms with Crippen molar-refractivity contribution in [3.05, 3.63) is 29.4 Å². The summed E-state index contributed by atoms with van der Waals surface area (Å²) in [5.74, 6) is -2.56. The zero-order valence-electron chi connectivity index (χ0n) is 18.4. The number of pyridine rings is 2. The summed E-state index contributed by atoms with van der Waals surface area (Å²) >= 11 is 5.86. The lowest BCUT2D eigenvalue weighted by molar-refractivity contribution is -0.106. The number of nitrogens with zero attached hydrogens (tertiary/aromatic N) is 3. The number of anilines is 2. The number of hydrogen-bond donors (Lipinski definition) is 2. The van der Waals surface area contributed by atoms with Crippen molar-refractivity contribution in [1.29, 1.82) is 0 Å². The van der Waals surface area contributed by atoms with Crippen molar-refractivity contribution in [3.8, 4) is 17.5 Å². The molecule has 4 N–H and O–H groups in total. The monoisotopic (exact) mass is 507 g/mol. The Balaban J connectivity index is 0.00000129. The summed E-state index contributed by atoms with van der Waals surface area (Å²) in [7, 11) is 1.72. The second kappa shape index (κ2) is 12.4. The van der Waals surface area contributed by atoms with Gasteiger partial charge in [-0.1, -0.05) is 11.6 Å². The number of alkyl halides is 4. The summed E-state index contributed by atoms with van der Waals surface area (Å²) < 4.78 is 63.1. The Bertz CT molecular complexity index is 955. The average Bonchev–Trinajstić information content (AvgIpc) is 2.75. The van der Waals surface area contributed by atoms with E-state index in [9.17, 15) is 17.6 Å². The normalized spacial score (nSPS) is 16.9. The molecule has 0 radical (unpaired) electrons. The van der Waals surface area contributed by atoms with Crippen LogP contribution in [0.1, 0.15) is 25.7 Å². The topological polar surface area (TPSA) is 117 Å². The molecule has 1 unspecified atom stereocenters. The van der Waals surface area contributed by atoms with Gasteiger partial charge < -0.3 is 25.8 Å². The molecule has 1 amide bonds. The number of carbonyl (C=O) groups excluding carboxylic acids is 1. The Labute approximate surface area is 199 Å². The number of nitrogen functional groups attached to an aromatic ring is 1. The molecule has 1 saturated carbocycles. The predicted octanol–water partition coefficient (Wildman–Crippen LogP) is 4.51. The maximum atomic E-state index is 13.7. The SMILES string of the molecule is CN(CC1CCCC(F)(F)C1)c1nc(Oc2ncc(Cl)cc2OCC(F)F)ccc1N.NC=O. The second-order valence-electron chi connectivity index (χ2n) is 7.66. The van der Waals surface area contributed by atoms with Gasteiger partial charge in [0.2, 0.25) is 18.2 Å². The number of ether oxygens (including phenoxy) is 2. The summed E-state index contributed by atoms with van der Waals surface area (Å²) in [6.45, 7) is -0.494. The molecule has 13 heteroatoms. The van der Waals surface area contributed by atoms with Crippen molar-refractivity contribution in [3.63, 3.8) is 0 Å². The predicted molar refractivity (Wildman–Crippen MR) is 120 cm³/mol. The largest absolute Gasteiger partial charge is 0.482 e. The maximum absolute atomic E-state index is 13.7. The van der Waals surface area contributed by atoms with Crippen LogP contribution in [0.2, 0.25) is 5.02 Å². The third-order valence-electron chi connectivity index (χ3n) is 4.87. The van der Waals surface area contributed by atoms with Crippen molar-refractivity contribution in [1.82, 2.24) is 9.97 Å². The van der Waals surface area contributed by atoms with Gasteiger partial charge in [0.05, 0.1) is 10.7 Å². The first-order valence-electron chi connectivity index (χ1n) is 10.3. The highest BCUT2D eigenvalue weighted by Gasteiger charge is 2.36. The van der Waals surface area contributed by atoms with E-state index in [4.69, 9.17) is 31.6 Å². The van der Waals surface area contributed by atoms with Crippen LogP contribution in [0.4, 0.5) is 29.1 Å². The van der Waals surface area contributed by atoms with Crippen molar-refractivity contribution >= 4 is 29.5 Å². The summed E-state index contributed by atoms with van der Waals surface area (Å²) in [5.41, 5.74) is 10.5. The quantitative estimate of drug-likeness (QED) is 0.399. The van der Waals surface area contributed by atoms with Gasteiger partial charge in [0.25, 0.3) is 12.3 Å². The molecule has 34 heavy (non-hydrogen) atoms. The molecular formula is C21H26ClF4N5O3. The highest BCUT2D eigenvalue weighted by Crippen LogP contribution is 2.38. The number of primary amides is 1. The van der Waals surface area contributed by atoms with Crippen LogP contribution in [0, 0.1) is 5.92 Å². The third kappa shape index (κ3) is 8.40. The smallest absolute Gasteiger partial charge is 0.272 e. The molecule has 0 aliphatic heterocycles. The van der Waals surface area contributed by atoms with Crippen LogP contribution in [0.3, 0.4) is 0 Å². The van der Waals surface area contributed by atoms with Gasteiger partial charge in [-0.25, -0.2) is 22.5 Å². The van der Waals surface area contributed by atoms with Crippen LogP contribution in [-0.4, -0.2) is 48.9 Å². The Morgan fingerprint density at radius 3 is 2.74 bits per heavy atom. The Morgan fingerprint density at radius 2 is 2.09 bits per heavy atom. The van der Waals surface area contributed by atoms with Crippen molar-refractivity contribution in [2.75, 3.05) is 30.8 Å². The second-order valence-corrected chi connectivity index (χ2v) is 8.09. The first-order valence-corrected chi connectivity index (χ1v) is 10.7. The molecule has 0 bridgehead atoms. The third-order valence-corrected chi connectivity index (χ3v) is 5.07. The molecule has 2 aromatic rings. The number of rotatable bonds is 8. The number of carbonyl (C=O) groups is 1. The molecule has 188 valence electrons. The fourth-order valence-electron chi connectivity index (χ4n) is 3.55. The van der Waals surface area contributed by atoms with Gasteiger partial charge in [0.15, 0.2) is 11.6 Å². The summed E-state index contributed by atoms with van der Waals surface area (Å²) in [6.07, 6.45) is -0.237. The number of nitrogens with two attached hydrogens (primary N) is 2. The van der Waals surface area contributed by atoms with Crippen LogP contribution >= 0.6 is 11.6 Å². The molecule has 0 saturated heterocycles. The van der Waals surface area contributed by atoms with E-state index in [1.54, 1.807) is 18.0 Å². The summed E-state index contributed by atoms with van der Waals surface area (Å²) in [6, 6.07) is 4.34. The van der Waals surface area contributed by atoms with E-state index in [1.807, 2.05) is 0 Å². The number of aromatic nitrogens is 2. The zero-order valence-corrected chi connectivity index (χ0v) is 19.2. The van der Waals surface area contributed by atoms with E-state index in [1.165, 1.54) is 18.3 Å². The Hall–Kier alpha value is -3.02. The Kier molecular flexibility index (Phi) is 9.97. The van der Waals surface area contributed by atoms with E-state index in [2.05, 4.69) is 15.7 Å². The van der Waals surface area contributed by atoms with Crippen LogP contribution in [0.5, 0.6) is 17.5 Å². The molecule has 1 atom stereocenters. The highest BCUT2D eigenvalue weighted by molar-refractivity contribution is 6.30. The van der Waals surface area contributed by atoms with E-state index in [-0.39, 0.29) is 47.7 Å². The van der Waals surface area contributed by atoms with E-state index in [0.29, 0.717) is 30.9 Å². The van der Waals surface area contributed by atoms with Gasteiger partial charge in [-0.3, -0.25) is 4.79 Å². The van der Waals surface area contributed by atoms with Gasteiger partial charge in [-0.2, -0.15) is 4.98 Å². The van der Waals surface area contributed by atoms with Gasteiger partial charge in [0, 0.05) is 44.8 Å². The number of halogens is 5. The average molecular weight is 508 g/mol. The first kappa shape index (κ1) is 27.2. The molecule has 2 heterocycles. The van der Waals surface area contributed by atoms with E-state index in [0.717, 1.165) is 0 Å². The fourth-order valence-corrected chi connectivity index (χ4v) is 3.70. The fraction of sp³-hybridized carbons (Fsp3) is 0.476. The standard InChI is InChI=1S/C20H23ClF4N4O2.CH3NO/c1-29(10-12-3-2-6-20(24,25)8-12)18-14(26)4-5-17(28-18)31-19-15(30-11-16(22)23)7-13(21)9-27-19;2-1-3/h4-5,7,9,12,16H,2-3,6,8,10-11,26H2,1H3;1H,(H2,2,3). The molecule has 1 fully saturated rings. The van der Waals surface area contributed by atoms with Gasteiger partial charge in [-0.15, -0.1) is 0 Å². The lowest BCUT2D eigenvalue weighted by Crippen LogP contribution is -2.34. The Morgan fingerprint density at radius 1 is 1.38 bits per heavy atom. The van der Waals surface area contributed by atoms with Crippen LogP contribution in [-0.2, 0) is 4.79 Å². The van der Waals surface area contributed by atoms with E-state index >= 15 is 0 Å². The summed E-state index contributed by atoms with van der Waals surface area (Å²) in [5, 5.41) is 0.187. The maximum Gasteiger partial charge on any atom is 0.272 e. The van der Waals surface area contributed by atoms with Crippen molar-refractivity contribution < 1.29 is 31.8 Å². The summed E-state index contributed by atoms with van der Waals surface area (Å²) in [4.78, 5) is 18.6. The lowest BCUT2D eigenvalue weighted by Gasteiger charge is -2.32. The minimum atomic E-state index is -2.69. The minimum Gasteiger partial charge on any atom is -0.482 e. The van der Waals surface area contributed by atoms with Crippen molar-refractivity contribution in [2.24, 2.45) is 11.7 Å². The molecular weight excluding hydrogens is 482 g/mol. The molecule has 8 nitrogen and oxygen atoms in total. The van der Waals surface area contributed by atoms with Gasteiger partial charge in [0.1, 0.15) is 6.61 Å². The van der Waals surface area contributed by atoms with Crippen LogP contribution < -0.4 is 25.8 Å². The lowest BCUT2D eigenvalue weighted by atomic mass is 9.86. The van der Waals surface area contributed by atoms with Crippen LogP contribution in [0.15, 0.2) is 24.4 Å². The van der Waals surface area contributed by atoms with Gasteiger partial charge in [-0.05, 0) is 24.8 Å². The number of amides is 1. The zero-order chi connectivity index (χ0) is 25.3.